The molecule has 0 N–H and O–H groups in total. The van der Waals surface area contributed by atoms with E-state index in [1.165, 1.54) is 12.1 Å². The summed E-state index contributed by atoms with van der Waals surface area (Å²) < 4.78 is 54.8. The van der Waals surface area contributed by atoms with Crippen LogP contribution in [0.15, 0.2) is 24.3 Å². The number of halogens is 3. The van der Waals surface area contributed by atoms with Crippen LogP contribution in [0.25, 0.3) is 0 Å². The van der Waals surface area contributed by atoms with E-state index in [0.717, 1.165) is 18.9 Å². The second kappa shape index (κ2) is 8.82. The summed E-state index contributed by atoms with van der Waals surface area (Å²) in [5.74, 6) is 0. The molecule has 1 aromatic rings. The Kier molecular flexibility index (Phi) is 7.73. The first kappa shape index (κ1) is 20.2. The van der Waals surface area contributed by atoms with Gasteiger partial charge >= 0.3 is 15.0 Å². The lowest BCUT2D eigenvalue weighted by atomic mass is 10.1. The van der Waals surface area contributed by atoms with Gasteiger partial charge in [-0.1, -0.05) is 18.2 Å². The lowest BCUT2D eigenvalue weighted by molar-refractivity contribution is -0.137. The fourth-order valence-electron chi connectivity index (χ4n) is 2.38. The van der Waals surface area contributed by atoms with Gasteiger partial charge in [0.25, 0.3) is 0 Å². The van der Waals surface area contributed by atoms with Gasteiger partial charge < -0.3 is 13.3 Å². The highest BCUT2D eigenvalue weighted by Crippen LogP contribution is 2.30. The third-order valence-electron chi connectivity index (χ3n) is 3.49. The van der Waals surface area contributed by atoms with Crippen molar-refractivity contribution in [2.75, 3.05) is 14.2 Å². The molecule has 0 atom stereocenters. The molecule has 3 nitrogen and oxygen atoms in total. The molecular weight excluding hydrogens is 325 g/mol. The van der Waals surface area contributed by atoms with Crippen LogP contribution >= 0.6 is 0 Å². The Morgan fingerprint density at radius 3 is 2.26 bits per heavy atom. The summed E-state index contributed by atoms with van der Waals surface area (Å²) in [5.41, 5.74) is 0.0855. The van der Waals surface area contributed by atoms with E-state index < -0.39 is 20.5 Å². The van der Waals surface area contributed by atoms with Crippen molar-refractivity contribution >= 4 is 8.80 Å². The molecule has 0 fully saturated rings. The first-order valence-corrected chi connectivity index (χ1v) is 9.60. The summed E-state index contributed by atoms with van der Waals surface area (Å²) >= 11 is 0. The molecule has 23 heavy (non-hydrogen) atoms. The second-order valence-corrected chi connectivity index (χ2v) is 8.58. The van der Waals surface area contributed by atoms with Gasteiger partial charge in [-0.25, -0.2) is 0 Å². The molecule has 0 saturated heterocycles. The van der Waals surface area contributed by atoms with Gasteiger partial charge in [-0.3, -0.25) is 0 Å². The van der Waals surface area contributed by atoms with E-state index in [9.17, 15) is 13.2 Å². The SMILES string of the molecule is CO[Si](CCCCc1cccc(C(F)(F)F)c1)(OC)OC(C)C. The highest BCUT2D eigenvalue weighted by Gasteiger charge is 2.39. The van der Waals surface area contributed by atoms with E-state index in [2.05, 4.69) is 0 Å². The zero-order valence-electron chi connectivity index (χ0n) is 14.1. The number of rotatable bonds is 9. The average molecular weight is 350 g/mol. The summed E-state index contributed by atoms with van der Waals surface area (Å²) in [6.07, 6.45) is -2.18. The molecule has 0 unspecified atom stereocenters. The van der Waals surface area contributed by atoms with Crippen molar-refractivity contribution in [3.63, 3.8) is 0 Å². The van der Waals surface area contributed by atoms with Crippen molar-refractivity contribution < 1.29 is 26.4 Å². The Balaban J connectivity index is 2.53. The van der Waals surface area contributed by atoms with Gasteiger partial charge in [0.15, 0.2) is 0 Å². The number of alkyl halides is 3. The van der Waals surface area contributed by atoms with Crippen molar-refractivity contribution in [3.05, 3.63) is 35.4 Å². The molecular formula is C16H25F3O3Si. The highest BCUT2D eigenvalue weighted by atomic mass is 28.4. The topological polar surface area (TPSA) is 27.7 Å². The standard InChI is InChI=1S/C16H25F3O3Si/c1-13(2)22-23(20-3,21-4)11-6-5-8-14-9-7-10-15(12-14)16(17,18)19/h7,9-10,12-13H,5-6,8,11H2,1-4H3. The van der Waals surface area contributed by atoms with Crippen LogP contribution in [-0.2, 0) is 25.9 Å². The molecule has 1 aromatic carbocycles. The van der Waals surface area contributed by atoms with E-state index in [1.54, 1.807) is 20.3 Å². The fraction of sp³-hybridized carbons (Fsp3) is 0.625. The molecule has 0 amide bonds. The van der Waals surface area contributed by atoms with Crippen molar-refractivity contribution in [1.82, 2.24) is 0 Å². The molecule has 0 aromatic heterocycles. The molecule has 0 saturated carbocycles. The van der Waals surface area contributed by atoms with Gasteiger partial charge in [0, 0.05) is 26.4 Å². The molecule has 0 heterocycles. The number of aryl methyl sites for hydroxylation is 1. The molecule has 0 aliphatic heterocycles. The predicted molar refractivity (Wildman–Crippen MR) is 85.2 cm³/mol. The van der Waals surface area contributed by atoms with Gasteiger partial charge in [-0.2, -0.15) is 13.2 Å². The Bertz CT molecular complexity index is 474. The highest BCUT2D eigenvalue weighted by molar-refractivity contribution is 6.60. The third-order valence-corrected chi connectivity index (χ3v) is 6.53. The molecule has 0 bridgehead atoms. The van der Waals surface area contributed by atoms with Crippen molar-refractivity contribution in [2.45, 2.75) is 51.4 Å². The maximum absolute atomic E-state index is 12.7. The second-order valence-electron chi connectivity index (χ2n) is 5.66. The van der Waals surface area contributed by atoms with Crippen LogP contribution < -0.4 is 0 Å². The zero-order valence-corrected chi connectivity index (χ0v) is 15.1. The largest absolute Gasteiger partial charge is 0.500 e. The molecule has 1 rings (SSSR count). The van der Waals surface area contributed by atoms with Crippen LogP contribution in [0.2, 0.25) is 6.04 Å². The lowest BCUT2D eigenvalue weighted by Gasteiger charge is -2.28. The molecule has 7 heteroatoms. The molecule has 0 aliphatic carbocycles. The summed E-state index contributed by atoms with van der Waals surface area (Å²) in [5, 5.41) is 0. The van der Waals surface area contributed by atoms with Crippen LogP contribution in [-0.4, -0.2) is 29.1 Å². The molecule has 0 aliphatic rings. The van der Waals surface area contributed by atoms with Gasteiger partial charge in [0.1, 0.15) is 0 Å². The number of hydrogen-bond acceptors (Lipinski definition) is 3. The Hall–Kier alpha value is -0.893. The van der Waals surface area contributed by atoms with Crippen LogP contribution in [0.3, 0.4) is 0 Å². The minimum absolute atomic E-state index is 0.00466. The molecule has 0 radical (unpaired) electrons. The molecule has 0 spiro atoms. The third kappa shape index (κ3) is 6.62. The van der Waals surface area contributed by atoms with Gasteiger partial charge in [0.05, 0.1) is 5.56 Å². The van der Waals surface area contributed by atoms with Crippen molar-refractivity contribution in [2.24, 2.45) is 0 Å². The summed E-state index contributed by atoms with van der Waals surface area (Å²) in [6, 6.07) is 6.12. The monoisotopic (exact) mass is 350 g/mol. The minimum atomic E-state index is -4.30. The maximum Gasteiger partial charge on any atom is 0.500 e. The number of hydrogen-bond donors (Lipinski definition) is 0. The fourth-order valence-corrected chi connectivity index (χ4v) is 4.66. The van der Waals surface area contributed by atoms with Gasteiger partial charge in [-0.05, 0) is 44.7 Å². The maximum atomic E-state index is 12.7. The van der Waals surface area contributed by atoms with E-state index in [4.69, 9.17) is 13.3 Å². The number of unbranched alkanes of at least 4 members (excludes halogenated alkanes) is 1. The Morgan fingerprint density at radius 1 is 1.09 bits per heavy atom. The first-order chi connectivity index (χ1) is 10.7. The van der Waals surface area contributed by atoms with Crippen molar-refractivity contribution in [3.8, 4) is 0 Å². The first-order valence-electron chi connectivity index (χ1n) is 7.66. The van der Waals surface area contributed by atoms with Gasteiger partial charge in [0.2, 0.25) is 0 Å². The number of benzene rings is 1. The van der Waals surface area contributed by atoms with Crippen LogP contribution in [0.4, 0.5) is 13.2 Å². The van der Waals surface area contributed by atoms with E-state index >= 15 is 0 Å². The van der Waals surface area contributed by atoms with Crippen LogP contribution in [0.5, 0.6) is 0 Å². The summed E-state index contributed by atoms with van der Waals surface area (Å²) in [7, 11) is 0.483. The van der Waals surface area contributed by atoms with E-state index in [1.807, 2.05) is 13.8 Å². The van der Waals surface area contributed by atoms with Gasteiger partial charge in [-0.15, -0.1) is 0 Å². The summed E-state index contributed by atoms with van der Waals surface area (Å²) in [4.78, 5) is 0. The average Bonchev–Trinajstić information content (AvgIpc) is 2.49. The smallest absolute Gasteiger partial charge is 0.377 e. The van der Waals surface area contributed by atoms with Crippen molar-refractivity contribution in [1.29, 1.82) is 0 Å². The lowest BCUT2D eigenvalue weighted by Crippen LogP contribution is -2.45. The Labute approximate surface area is 137 Å². The van der Waals surface area contributed by atoms with E-state index in [-0.39, 0.29) is 6.10 Å². The normalized spacial score (nSPS) is 12.9. The Morgan fingerprint density at radius 2 is 1.74 bits per heavy atom. The predicted octanol–water partition coefficient (Wildman–Crippen LogP) is 4.68. The minimum Gasteiger partial charge on any atom is -0.377 e. The van der Waals surface area contributed by atoms with E-state index in [0.29, 0.717) is 18.0 Å². The van der Waals surface area contributed by atoms with Crippen LogP contribution in [0.1, 0.15) is 37.8 Å². The van der Waals surface area contributed by atoms with Crippen LogP contribution in [0, 0.1) is 0 Å². The summed E-state index contributed by atoms with van der Waals surface area (Å²) in [6.45, 7) is 3.84. The zero-order chi connectivity index (χ0) is 17.5. The quantitative estimate of drug-likeness (QED) is 0.478. The molecule has 132 valence electrons.